The summed E-state index contributed by atoms with van der Waals surface area (Å²) in [6, 6.07) is 0. The molecule has 0 aliphatic carbocycles. The van der Waals surface area contributed by atoms with E-state index in [1.807, 2.05) is 0 Å². The minimum absolute atomic E-state index is 0. The highest BCUT2D eigenvalue weighted by Gasteiger charge is 2.27. The Kier molecular flexibility index (Phi) is 16.8. The Morgan fingerprint density at radius 3 is 1.44 bits per heavy atom. The summed E-state index contributed by atoms with van der Waals surface area (Å²) in [7, 11) is 0.147. The maximum atomic E-state index is 9.13. The highest BCUT2D eigenvalue weighted by atomic mass is 79.9. The number of rotatable bonds is 12. The zero-order valence-corrected chi connectivity index (χ0v) is 15.3. The molecule has 18 heavy (non-hydrogen) atoms. The largest absolute Gasteiger partial charge is 0.377 e. The molecule has 1 unspecified atom stereocenters. The summed E-state index contributed by atoms with van der Waals surface area (Å²) in [5, 5.41) is 0. The third kappa shape index (κ3) is 9.75. The molecule has 0 bridgehead atoms. The van der Waals surface area contributed by atoms with Crippen molar-refractivity contribution in [2.24, 2.45) is 5.41 Å². The molecular formula is C15H34BrOP. The lowest BCUT2D eigenvalue weighted by Crippen LogP contribution is -2.22. The Labute approximate surface area is 127 Å². The molecule has 0 aromatic rings. The van der Waals surface area contributed by atoms with E-state index in [1.54, 1.807) is 0 Å². The van der Waals surface area contributed by atoms with Gasteiger partial charge in [-0.25, -0.2) is 0 Å². The predicted octanol–water partition coefficient (Wildman–Crippen LogP) is 6.10. The fraction of sp³-hybridized carbons (Fsp3) is 1.00. The summed E-state index contributed by atoms with van der Waals surface area (Å²) in [5.41, 5.74) is 0.553. The van der Waals surface area contributed by atoms with Crippen LogP contribution >= 0.6 is 25.8 Å². The lowest BCUT2D eigenvalue weighted by atomic mass is 9.72. The summed E-state index contributed by atoms with van der Waals surface area (Å²) in [5.74, 6) is 0. The third-order valence-electron chi connectivity index (χ3n) is 3.95. The molecule has 1 nitrogen and oxygen atoms in total. The molecule has 0 heterocycles. The van der Waals surface area contributed by atoms with Gasteiger partial charge in [-0.05, 0) is 37.3 Å². The van der Waals surface area contributed by atoms with Crippen molar-refractivity contribution in [3.8, 4) is 0 Å². The zero-order chi connectivity index (χ0) is 13.0. The molecule has 0 aliphatic rings. The maximum Gasteiger partial charge on any atom is 0.0107 e. The van der Waals surface area contributed by atoms with Crippen LogP contribution in [0.4, 0.5) is 0 Å². The first-order valence-corrected chi connectivity index (χ1v) is 8.77. The topological polar surface area (TPSA) is 20.2 Å². The van der Waals surface area contributed by atoms with Gasteiger partial charge in [0.2, 0.25) is 0 Å². The van der Waals surface area contributed by atoms with Crippen LogP contribution in [0.15, 0.2) is 0 Å². The molecule has 0 aromatic heterocycles. The van der Waals surface area contributed by atoms with Gasteiger partial charge in [0.05, 0.1) is 0 Å². The third-order valence-corrected chi connectivity index (χ3v) is 4.42. The average Bonchev–Trinajstić information content (AvgIpc) is 2.37. The van der Waals surface area contributed by atoms with Crippen molar-refractivity contribution in [2.45, 2.75) is 85.0 Å². The van der Waals surface area contributed by atoms with Gasteiger partial charge in [0.25, 0.3) is 0 Å². The van der Waals surface area contributed by atoms with E-state index in [0.717, 1.165) is 6.16 Å². The van der Waals surface area contributed by atoms with Gasteiger partial charge < -0.3 is 4.89 Å². The van der Waals surface area contributed by atoms with Crippen LogP contribution < -0.4 is 0 Å². The molecule has 0 aliphatic heterocycles. The van der Waals surface area contributed by atoms with E-state index in [0.29, 0.717) is 5.41 Å². The molecule has 0 aromatic carbocycles. The maximum absolute atomic E-state index is 9.13. The SMILES string of the molecule is Br.CCCCC(CCCC)(CCCC)CCPO. The Morgan fingerprint density at radius 1 is 0.778 bits per heavy atom. The summed E-state index contributed by atoms with van der Waals surface area (Å²) >= 11 is 0. The minimum atomic E-state index is 0. The van der Waals surface area contributed by atoms with Crippen molar-refractivity contribution in [3.63, 3.8) is 0 Å². The van der Waals surface area contributed by atoms with Crippen molar-refractivity contribution in [3.05, 3.63) is 0 Å². The second-order valence-corrected chi connectivity index (χ2v) is 6.29. The van der Waals surface area contributed by atoms with E-state index >= 15 is 0 Å². The van der Waals surface area contributed by atoms with E-state index in [2.05, 4.69) is 20.8 Å². The van der Waals surface area contributed by atoms with E-state index in [9.17, 15) is 0 Å². The van der Waals surface area contributed by atoms with Crippen LogP contribution in [-0.2, 0) is 0 Å². The highest BCUT2D eigenvalue weighted by molar-refractivity contribution is 8.93. The van der Waals surface area contributed by atoms with Gasteiger partial charge in [0.1, 0.15) is 0 Å². The van der Waals surface area contributed by atoms with Crippen molar-refractivity contribution >= 4 is 25.8 Å². The molecule has 1 atom stereocenters. The van der Waals surface area contributed by atoms with E-state index in [4.69, 9.17) is 4.89 Å². The van der Waals surface area contributed by atoms with E-state index in [1.165, 1.54) is 64.2 Å². The summed E-state index contributed by atoms with van der Waals surface area (Å²) in [4.78, 5) is 9.13. The first-order valence-electron chi connectivity index (χ1n) is 7.61. The molecule has 0 saturated heterocycles. The molecule has 0 radical (unpaired) electrons. The molecule has 0 spiro atoms. The zero-order valence-electron chi connectivity index (χ0n) is 12.6. The summed E-state index contributed by atoms with van der Waals surface area (Å²) in [6.45, 7) is 6.87. The monoisotopic (exact) mass is 340 g/mol. The highest BCUT2D eigenvalue weighted by Crippen LogP contribution is 2.41. The lowest BCUT2D eigenvalue weighted by molar-refractivity contribution is 0.192. The second kappa shape index (κ2) is 14.3. The Hall–Kier alpha value is 0.870. The van der Waals surface area contributed by atoms with E-state index in [-0.39, 0.29) is 25.8 Å². The van der Waals surface area contributed by atoms with Crippen molar-refractivity contribution in [1.82, 2.24) is 0 Å². The van der Waals surface area contributed by atoms with Gasteiger partial charge in [0.15, 0.2) is 0 Å². The number of unbranched alkanes of at least 4 members (excludes halogenated alkanes) is 3. The lowest BCUT2D eigenvalue weighted by Gasteiger charge is -2.34. The van der Waals surface area contributed by atoms with Crippen LogP contribution in [-0.4, -0.2) is 11.1 Å². The van der Waals surface area contributed by atoms with Crippen molar-refractivity contribution in [2.75, 3.05) is 6.16 Å². The smallest absolute Gasteiger partial charge is 0.0107 e. The Balaban J connectivity index is 0. The molecule has 3 heteroatoms. The number of halogens is 1. The van der Waals surface area contributed by atoms with Crippen LogP contribution in [0, 0.1) is 5.41 Å². The fourth-order valence-corrected chi connectivity index (χ4v) is 3.37. The molecule has 0 rings (SSSR count). The van der Waals surface area contributed by atoms with Crippen LogP contribution in [0.1, 0.15) is 85.0 Å². The van der Waals surface area contributed by atoms with Gasteiger partial charge in [0, 0.05) is 8.81 Å². The number of hydrogen-bond donors (Lipinski definition) is 1. The quantitative estimate of drug-likeness (QED) is 0.425. The van der Waals surface area contributed by atoms with E-state index < -0.39 is 0 Å². The van der Waals surface area contributed by atoms with Gasteiger partial charge in [-0.2, -0.15) is 0 Å². The molecule has 0 fully saturated rings. The molecular weight excluding hydrogens is 307 g/mol. The molecule has 0 saturated carbocycles. The van der Waals surface area contributed by atoms with Crippen LogP contribution in [0.3, 0.4) is 0 Å². The van der Waals surface area contributed by atoms with Crippen LogP contribution in [0.5, 0.6) is 0 Å². The normalized spacial score (nSPS) is 12.0. The van der Waals surface area contributed by atoms with Crippen molar-refractivity contribution < 1.29 is 4.89 Å². The Morgan fingerprint density at radius 2 is 1.17 bits per heavy atom. The fourth-order valence-electron chi connectivity index (χ4n) is 2.73. The Bertz CT molecular complexity index is 127. The molecule has 0 amide bonds. The molecule has 112 valence electrons. The van der Waals surface area contributed by atoms with Gasteiger partial charge >= 0.3 is 0 Å². The first kappa shape index (κ1) is 21.2. The second-order valence-electron chi connectivity index (χ2n) is 5.47. The standard InChI is InChI=1S/C15H33OP.BrH/c1-4-7-10-15(11-8-5-2,12-9-6-3)13-14-17-16;/h16-17H,4-14H2,1-3H3;1H. The van der Waals surface area contributed by atoms with Gasteiger partial charge in [-0.3, -0.25) is 0 Å². The minimum Gasteiger partial charge on any atom is -0.377 e. The van der Waals surface area contributed by atoms with Gasteiger partial charge in [-0.1, -0.05) is 59.3 Å². The van der Waals surface area contributed by atoms with Crippen LogP contribution in [0.2, 0.25) is 0 Å². The predicted molar refractivity (Wildman–Crippen MR) is 91.3 cm³/mol. The van der Waals surface area contributed by atoms with Crippen LogP contribution in [0.25, 0.3) is 0 Å². The molecule has 1 N–H and O–H groups in total. The number of hydrogen-bond acceptors (Lipinski definition) is 1. The van der Waals surface area contributed by atoms with Gasteiger partial charge in [-0.15, -0.1) is 17.0 Å². The average molecular weight is 341 g/mol. The summed E-state index contributed by atoms with van der Waals surface area (Å²) in [6.07, 6.45) is 14.4. The van der Waals surface area contributed by atoms with Crippen molar-refractivity contribution in [1.29, 1.82) is 0 Å². The summed E-state index contributed by atoms with van der Waals surface area (Å²) < 4.78 is 0. The first-order chi connectivity index (χ1) is 8.24.